The van der Waals surface area contributed by atoms with E-state index in [0.717, 1.165) is 9.13 Å². The minimum Gasteiger partial charge on any atom is -0.449 e. The van der Waals surface area contributed by atoms with Crippen LogP contribution in [0.25, 0.3) is 0 Å². The maximum atomic E-state index is 10.9. The van der Waals surface area contributed by atoms with Crippen LogP contribution in [0.4, 0.5) is 4.79 Å². The van der Waals surface area contributed by atoms with E-state index in [4.69, 9.17) is 0 Å². The van der Waals surface area contributed by atoms with E-state index < -0.39 is 6.09 Å². The van der Waals surface area contributed by atoms with Crippen molar-refractivity contribution in [3.05, 3.63) is 33.4 Å². The Morgan fingerprint density at radius 2 is 2.33 bits per heavy atom. The number of ether oxygens (including phenoxy) is 1. The zero-order valence-corrected chi connectivity index (χ0v) is 10.4. The predicted octanol–water partition coefficient (Wildman–Crippen LogP) is 2.37. The van der Waals surface area contributed by atoms with Gasteiger partial charge < -0.3 is 4.74 Å². The second-order valence-electron chi connectivity index (χ2n) is 2.61. The fourth-order valence-corrected chi connectivity index (χ4v) is 1.42. The number of hydrazone groups is 1. The zero-order valence-electron chi connectivity index (χ0n) is 8.24. The Kier molecular flexibility index (Phi) is 5.09. The van der Waals surface area contributed by atoms with E-state index in [1.807, 2.05) is 24.3 Å². The van der Waals surface area contributed by atoms with Crippen LogP contribution in [0.3, 0.4) is 0 Å². The molecule has 0 saturated carbocycles. The number of amides is 1. The van der Waals surface area contributed by atoms with Crippen LogP contribution in [-0.2, 0) is 4.74 Å². The topological polar surface area (TPSA) is 50.7 Å². The molecule has 4 nitrogen and oxygen atoms in total. The standard InChI is InChI=1S/C10H11IN2O2/c1-2-15-10(14)13-12-7-8-5-3-4-6-9(8)11/h3-7H,2H2,1H3,(H,13,14). The monoisotopic (exact) mass is 318 g/mol. The number of halogens is 1. The van der Waals surface area contributed by atoms with Gasteiger partial charge in [-0.05, 0) is 35.6 Å². The number of carbonyl (C=O) groups excluding carboxylic acids is 1. The normalized spacial score (nSPS) is 10.3. The molecule has 5 heteroatoms. The second-order valence-corrected chi connectivity index (χ2v) is 3.77. The Labute approximate surface area is 102 Å². The van der Waals surface area contributed by atoms with Gasteiger partial charge in [-0.15, -0.1) is 0 Å². The van der Waals surface area contributed by atoms with Crippen molar-refractivity contribution in [2.75, 3.05) is 6.61 Å². The van der Waals surface area contributed by atoms with E-state index in [1.54, 1.807) is 13.1 Å². The predicted molar refractivity (Wildman–Crippen MR) is 66.9 cm³/mol. The molecule has 0 aromatic heterocycles. The quantitative estimate of drug-likeness (QED) is 0.528. The fraction of sp³-hybridized carbons (Fsp3) is 0.200. The number of carbonyl (C=O) groups is 1. The van der Waals surface area contributed by atoms with E-state index in [1.165, 1.54) is 0 Å². The molecule has 0 spiro atoms. The number of rotatable bonds is 3. The zero-order chi connectivity index (χ0) is 11.1. The molecule has 1 rings (SSSR count). The first-order valence-electron chi connectivity index (χ1n) is 4.44. The summed E-state index contributed by atoms with van der Waals surface area (Å²) in [6.45, 7) is 2.08. The van der Waals surface area contributed by atoms with Gasteiger partial charge in [0.1, 0.15) is 0 Å². The average Bonchev–Trinajstić information content (AvgIpc) is 2.21. The summed E-state index contributed by atoms with van der Waals surface area (Å²) in [7, 11) is 0. The van der Waals surface area contributed by atoms with E-state index in [2.05, 4.69) is 37.9 Å². The first-order chi connectivity index (χ1) is 7.24. The molecule has 0 aliphatic rings. The molecule has 1 N–H and O–H groups in total. The van der Waals surface area contributed by atoms with Gasteiger partial charge >= 0.3 is 6.09 Å². The van der Waals surface area contributed by atoms with Crippen LogP contribution in [0.5, 0.6) is 0 Å². The van der Waals surface area contributed by atoms with Gasteiger partial charge in [0.2, 0.25) is 0 Å². The summed E-state index contributed by atoms with van der Waals surface area (Å²) in [5.74, 6) is 0. The average molecular weight is 318 g/mol. The highest BCUT2D eigenvalue weighted by molar-refractivity contribution is 14.1. The van der Waals surface area contributed by atoms with Gasteiger partial charge in [0.15, 0.2) is 0 Å². The molecule has 1 amide bonds. The van der Waals surface area contributed by atoms with Crippen molar-refractivity contribution in [1.82, 2.24) is 5.43 Å². The van der Waals surface area contributed by atoms with Crippen molar-refractivity contribution in [2.45, 2.75) is 6.92 Å². The molecular weight excluding hydrogens is 307 g/mol. The highest BCUT2D eigenvalue weighted by Crippen LogP contribution is 2.08. The van der Waals surface area contributed by atoms with Crippen LogP contribution < -0.4 is 5.43 Å². The highest BCUT2D eigenvalue weighted by Gasteiger charge is 1.96. The number of hydrogen-bond acceptors (Lipinski definition) is 3. The lowest BCUT2D eigenvalue weighted by atomic mass is 10.2. The van der Waals surface area contributed by atoms with Crippen molar-refractivity contribution in [2.24, 2.45) is 5.10 Å². The van der Waals surface area contributed by atoms with Gasteiger partial charge in [-0.1, -0.05) is 18.2 Å². The largest absolute Gasteiger partial charge is 0.449 e. The third-order valence-corrected chi connectivity index (χ3v) is 2.52. The van der Waals surface area contributed by atoms with Crippen LogP contribution in [0.2, 0.25) is 0 Å². The smallest absolute Gasteiger partial charge is 0.427 e. The van der Waals surface area contributed by atoms with Crippen LogP contribution >= 0.6 is 22.6 Å². The third-order valence-electron chi connectivity index (χ3n) is 1.54. The molecule has 15 heavy (non-hydrogen) atoms. The molecule has 0 radical (unpaired) electrons. The van der Waals surface area contributed by atoms with E-state index in [9.17, 15) is 4.79 Å². The molecule has 0 atom stereocenters. The van der Waals surface area contributed by atoms with Gasteiger partial charge in [0.05, 0.1) is 12.8 Å². The summed E-state index contributed by atoms with van der Waals surface area (Å²) in [6, 6.07) is 7.73. The minimum absolute atomic E-state index is 0.338. The maximum Gasteiger partial charge on any atom is 0.427 e. The second kappa shape index (κ2) is 6.39. The van der Waals surface area contributed by atoms with Crippen LogP contribution in [0, 0.1) is 3.57 Å². The van der Waals surface area contributed by atoms with Gasteiger partial charge in [0.25, 0.3) is 0 Å². The van der Waals surface area contributed by atoms with Crippen molar-refractivity contribution >= 4 is 34.9 Å². The molecule has 0 saturated heterocycles. The van der Waals surface area contributed by atoms with Gasteiger partial charge in [-0.3, -0.25) is 0 Å². The summed E-state index contributed by atoms with van der Waals surface area (Å²) in [4.78, 5) is 10.9. The minimum atomic E-state index is -0.542. The molecular formula is C10H11IN2O2. The summed E-state index contributed by atoms with van der Waals surface area (Å²) in [5, 5.41) is 3.77. The molecule has 1 aromatic rings. The lowest BCUT2D eigenvalue weighted by Gasteiger charge is -1.99. The molecule has 1 aromatic carbocycles. The summed E-state index contributed by atoms with van der Waals surface area (Å²) in [6.07, 6.45) is 1.04. The Bertz CT molecular complexity index is 366. The number of benzene rings is 1. The summed E-state index contributed by atoms with van der Waals surface area (Å²) in [5.41, 5.74) is 3.22. The summed E-state index contributed by atoms with van der Waals surface area (Å²) >= 11 is 2.20. The van der Waals surface area contributed by atoms with Crippen LogP contribution in [0.15, 0.2) is 29.4 Å². The van der Waals surface area contributed by atoms with E-state index >= 15 is 0 Å². The first-order valence-corrected chi connectivity index (χ1v) is 5.52. The molecule has 0 aliphatic heterocycles. The molecule has 0 fully saturated rings. The SMILES string of the molecule is CCOC(=O)NN=Cc1ccccc1I. The van der Waals surface area contributed by atoms with Crippen molar-refractivity contribution in [3.63, 3.8) is 0 Å². The Balaban J connectivity index is 2.52. The van der Waals surface area contributed by atoms with E-state index in [-0.39, 0.29) is 0 Å². The van der Waals surface area contributed by atoms with Crippen LogP contribution in [-0.4, -0.2) is 18.9 Å². The first kappa shape index (κ1) is 12.0. The highest BCUT2D eigenvalue weighted by atomic mass is 127. The van der Waals surface area contributed by atoms with Crippen molar-refractivity contribution < 1.29 is 9.53 Å². The van der Waals surface area contributed by atoms with Crippen LogP contribution in [0.1, 0.15) is 12.5 Å². The molecule has 0 aliphatic carbocycles. The van der Waals surface area contributed by atoms with Crippen molar-refractivity contribution in [1.29, 1.82) is 0 Å². The van der Waals surface area contributed by atoms with E-state index in [0.29, 0.717) is 6.61 Å². The van der Waals surface area contributed by atoms with Gasteiger partial charge in [0, 0.05) is 9.13 Å². The lowest BCUT2D eigenvalue weighted by molar-refractivity contribution is 0.152. The maximum absolute atomic E-state index is 10.9. The fourth-order valence-electron chi connectivity index (χ4n) is 0.898. The van der Waals surface area contributed by atoms with Gasteiger partial charge in [-0.25, -0.2) is 10.2 Å². The van der Waals surface area contributed by atoms with Gasteiger partial charge in [-0.2, -0.15) is 5.10 Å². The molecule has 80 valence electrons. The van der Waals surface area contributed by atoms with Crippen molar-refractivity contribution in [3.8, 4) is 0 Å². The molecule has 0 bridgehead atoms. The number of nitrogens with one attached hydrogen (secondary N) is 1. The number of hydrogen-bond donors (Lipinski definition) is 1. The lowest BCUT2D eigenvalue weighted by Crippen LogP contribution is -2.18. The summed E-state index contributed by atoms with van der Waals surface area (Å²) < 4.78 is 5.72. The Morgan fingerprint density at radius 3 is 3.00 bits per heavy atom. The molecule has 0 heterocycles. The number of nitrogens with zero attached hydrogens (tertiary/aromatic N) is 1. The Hall–Kier alpha value is -1.11. The third kappa shape index (κ3) is 4.28. The Morgan fingerprint density at radius 1 is 1.60 bits per heavy atom. The molecule has 0 unspecified atom stereocenters.